The highest BCUT2D eigenvalue weighted by Crippen LogP contribution is 2.17. The van der Waals surface area contributed by atoms with E-state index in [4.69, 9.17) is 5.73 Å². The molecule has 5 heteroatoms. The number of H-pyrrole nitrogens is 1. The van der Waals surface area contributed by atoms with Crippen molar-refractivity contribution in [1.82, 2.24) is 15.2 Å². The van der Waals surface area contributed by atoms with Gasteiger partial charge in [-0.25, -0.2) is 5.10 Å². The van der Waals surface area contributed by atoms with Crippen molar-refractivity contribution in [3.05, 3.63) is 29.3 Å². The van der Waals surface area contributed by atoms with E-state index in [1.807, 2.05) is 18.2 Å². The van der Waals surface area contributed by atoms with Crippen LogP contribution in [0.25, 0.3) is 0 Å². The minimum Gasteiger partial charge on any atom is -0.368 e. The number of aromatic nitrogens is 3. The Morgan fingerprint density at radius 3 is 2.67 bits per heavy atom. The molecule has 0 aliphatic heterocycles. The smallest absolute Gasteiger partial charge is 0.248 e. The molecule has 0 spiro atoms. The van der Waals surface area contributed by atoms with Gasteiger partial charge in [0, 0.05) is 5.69 Å². The van der Waals surface area contributed by atoms with Gasteiger partial charge in [0.25, 0.3) is 0 Å². The third kappa shape index (κ3) is 2.07. The zero-order valence-electron chi connectivity index (χ0n) is 8.70. The fourth-order valence-electron chi connectivity index (χ4n) is 1.28. The summed E-state index contributed by atoms with van der Waals surface area (Å²) in [6.07, 6.45) is 0. The van der Waals surface area contributed by atoms with Crippen molar-refractivity contribution in [3.63, 3.8) is 0 Å². The van der Waals surface area contributed by atoms with Gasteiger partial charge in [-0.15, -0.1) is 5.10 Å². The molecule has 2 rings (SSSR count). The summed E-state index contributed by atoms with van der Waals surface area (Å²) in [5.74, 6) is 0.789. The highest BCUT2D eigenvalue weighted by atomic mass is 15.3. The second-order valence-corrected chi connectivity index (χ2v) is 3.47. The van der Waals surface area contributed by atoms with Crippen molar-refractivity contribution < 1.29 is 0 Å². The zero-order valence-corrected chi connectivity index (χ0v) is 8.70. The van der Waals surface area contributed by atoms with Crippen LogP contribution >= 0.6 is 0 Å². The highest BCUT2D eigenvalue weighted by Gasteiger charge is 2.01. The molecule has 1 aromatic heterocycles. The quantitative estimate of drug-likeness (QED) is 0.694. The van der Waals surface area contributed by atoms with Crippen molar-refractivity contribution in [2.75, 3.05) is 11.1 Å². The topological polar surface area (TPSA) is 79.6 Å². The van der Waals surface area contributed by atoms with Gasteiger partial charge in [0.1, 0.15) is 0 Å². The summed E-state index contributed by atoms with van der Waals surface area (Å²) in [6.45, 7) is 4.14. The Balaban J connectivity index is 2.21. The van der Waals surface area contributed by atoms with Gasteiger partial charge in [-0.1, -0.05) is 6.07 Å². The van der Waals surface area contributed by atoms with Crippen molar-refractivity contribution in [2.24, 2.45) is 0 Å². The van der Waals surface area contributed by atoms with Crippen molar-refractivity contribution >= 4 is 17.6 Å². The number of anilines is 3. The number of rotatable bonds is 2. The van der Waals surface area contributed by atoms with Gasteiger partial charge in [-0.3, -0.25) is 0 Å². The number of aryl methyl sites for hydroxylation is 2. The molecule has 5 nitrogen and oxygen atoms in total. The van der Waals surface area contributed by atoms with Crippen LogP contribution in [0.1, 0.15) is 11.1 Å². The molecule has 1 heterocycles. The average molecular weight is 203 g/mol. The summed E-state index contributed by atoms with van der Waals surface area (Å²) in [5.41, 5.74) is 8.86. The van der Waals surface area contributed by atoms with E-state index in [0.717, 1.165) is 5.69 Å². The number of nitrogens with two attached hydrogens (primary N) is 1. The zero-order chi connectivity index (χ0) is 10.8. The van der Waals surface area contributed by atoms with Crippen molar-refractivity contribution in [2.45, 2.75) is 13.8 Å². The maximum Gasteiger partial charge on any atom is 0.248 e. The van der Waals surface area contributed by atoms with Gasteiger partial charge in [0.15, 0.2) is 0 Å². The highest BCUT2D eigenvalue weighted by molar-refractivity contribution is 5.55. The number of hydrogen-bond donors (Lipinski definition) is 3. The van der Waals surface area contributed by atoms with E-state index in [1.54, 1.807) is 0 Å². The van der Waals surface area contributed by atoms with Crippen molar-refractivity contribution in [1.29, 1.82) is 0 Å². The summed E-state index contributed by atoms with van der Waals surface area (Å²) in [4.78, 5) is 3.96. The van der Waals surface area contributed by atoms with Gasteiger partial charge in [0.2, 0.25) is 11.9 Å². The molecule has 0 atom stereocenters. The van der Waals surface area contributed by atoms with Gasteiger partial charge in [-0.05, 0) is 37.1 Å². The first-order chi connectivity index (χ1) is 7.15. The summed E-state index contributed by atoms with van der Waals surface area (Å²) in [6, 6.07) is 6.07. The minimum absolute atomic E-state index is 0.307. The molecule has 0 unspecified atom stereocenters. The molecule has 15 heavy (non-hydrogen) atoms. The molecular formula is C10H13N5. The molecular weight excluding hydrogens is 190 g/mol. The normalized spacial score (nSPS) is 10.3. The molecule has 78 valence electrons. The van der Waals surface area contributed by atoms with Crippen LogP contribution in [0.15, 0.2) is 18.2 Å². The second-order valence-electron chi connectivity index (χ2n) is 3.47. The minimum atomic E-state index is 0.307. The Hall–Kier alpha value is -2.04. The molecule has 0 aliphatic rings. The number of benzene rings is 1. The number of aromatic amines is 1. The molecule has 0 fully saturated rings. The predicted molar refractivity (Wildman–Crippen MR) is 60.0 cm³/mol. The largest absolute Gasteiger partial charge is 0.368 e. The maximum atomic E-state index is 5.42. The van der Waals surface area contributed by atoms with Crippen LogP contribution in [-0.4, -0.2) is 15.2 Å². The molecule has 2 aromatic rings. The third-order valence-electron chi connectivity index (χ3n) is 2.27. The van der Waals surface area contributed by atoms with Crippen LogP contribution in [0.5, 0.6) is 0 Å². The summed E-state index contributed by atoms with van der Waals surface area (Å²) in [5, 5.41) is 9.52. The van der Waals surface area contributed by atoms with Crippen molar-refractivity contribution in [3.8, 4) is 0 Å². The van der Waals surface area contributed by atoms with Crippen LogP contribution in [-0.2, 0) is 0 Å². The lowest BCUT2D eigenvalue weighted by atomic mass is 10.1. The Morgan fingerprint density at radius 2 is 2.07 bits per heavy atom. The van der Waals surface area contributed by atoms with Gasteiger partial charge in [0.05, 0.1) is 0 Å². The third-order valence-corrected chi connectivity index (χ3v) is 2.27. The van der Waals surface area contributed by atoms with E-state index in [-0.39, 0.29) is 0 Å². The lowest BCUT2D eigenvalue weighted by Gasteiger charge is -2.04. The molecule has 0 bridgehead atoms. The average Bonchev–Trinajstić information content (AvgIpc) is 2.58. The first-order valence-corrected chi connectivity index (χ1v) is 4.67. The SMILES string of the molecule is Cc1ccc(Nc2n[nH]c(N)n2)cc1C. The summed E-state index contributed by atoms with van der Waals surface area (Å²) in [7, 11) is 0. The van der Waals surface area contributed by atoms with E-state index < -0.39 is 0 Å². The first kappa shape index (κ1) is 9.51. The first-order valence-electron chi connectivity index (χ1n) is 4.67. The Kier molecular flexibility index (Phi) is 2.29. The Bertz CT molecular complexity index is 474. The number of hydrogen-bond acceptors (Lipinski definition) is 4. The van der Waals surface area contributed by atoms with E-state index in [9.17, 15) is 0 Å². The maximum absolute atomic E-state index is 5.42. The van der Waals surface area contributed by atoms with Gasteiger partial charge < -0.3 is 11.1 Å². The van der Waals surface area contributed by atoms with Crippen LogP contribution in [0.4, 0.5) is 17.6 Å². The van der Waals surface area contributed by atoms with E-state index in [0.29, 0.717) is 11.9 Å². The van der Waals surface area contributed by atoms with Crippen LogP contribution < -0.4 is 11.1 Å². The Labute approximate surface area is 87.7 Å². The summed E-state index contributed by atoms with van der Waals surface area (Å²) < 4.78 is 0. The predicted octanol–water partition coefficient (Wildman–Crippen LogP) is 1.75. The summed E-state index contributed by atoms with van der Waals surface area (Å²) >= 11 is 0. The molecule has 0 saturated heterocycles. The number of nitrogen functional groups attached to an aromatic ring is 1. The Morgan fingerprint density at radius 1 is 1.27 bits per heavy atom. The number of nitrogens with zero attached hydrogens (tertiary/aromatic N) is 2. The van der Waals surface area contributed by atoms with Crippen LogP contribution in [0.3, 0.4) is 0 Å². The van der Waals surface area contributed by atoms with E-state index in [1.165, 1.54) is 11.1 Å². The van der Waals surface area contributed by atoms with Gasteiger partial charge in [-0.2, -0.15) is 4.98 Å². The lowest BCUT2D eigenvalue weighted by molar-refractivity contribution is 1.10. The molecule has 4 N–H and O–H groups in total. The molecule has 0 saturated carbocycles. The van der Waals surface area contributed by atoms with Gasteiger partial charge >= 0.3 is 0 Å². The molecule has 1 aromatic carbocycles. The van der Waals surface area contributed by atoms with Crippen LogP contribution in [0, 0.1) is 13.8 Å². The molecule has 0 aliphatic carbocycles. The van der Waals surface area contributed by atoms with E-state index in [2.05, 4.69) is 34.3 Å². The van der Waals surface area contributed by atoms with Crippen LogP contribution in [0.2, 0.25) is 0 Å². The number of nitrogens with one attached hydrogen (secondary N) is 2. The molecule has 0 radical (unpaired) electrons. The lowest BCUT2D eigenvalue weighted by Crippen LogP contribution is -1.94. The standard InChI is InChI=1S/C10H13N5/c1-6-3-4-8(5-7(6)2)12-10-13-9(11)14-15-10/h3-5H,1-2H3,(H4,11,12,13,14,15). The van der Waals surface area contributed by atoms with E-state index >= 15 is 0 Å². The fraction of sp³-hybridized carbons (Fsp3) is 0.200. The molecule has 0 amide bonds. The monoisotopic (exact) mass is 203 g/mol. The fourth-order valence-corrected chi connectivity index (χ4v) is 1.28. The second kappa shape index (κ2) is 3.61.